The van der Waals surface area contributed by atoms with Crippen molar-refractivity contribution in [2.24, 2.45) is 5.41 Å². The second kappa shape index (κ2) is 7.21. The van der Waals surface area contributed by atoms with Crippen molar-refractivity contribution in [3.05, 3.63) is 35.5 Å². The molecule has 1 atom stereocenters. The molecule has 5 heteroatoms. The molecule has 0 amide bonds. The third kappa shape index (κ3) is 3.66. The lowest BCUT2D eigenvalue weighted by Crippen LogP contribution is -2.62. The van der Waals surface area contributed by atoms with Crippen LogP contribution in [0.1, 0.15) is 31.5 Å². The summed E-state index contributed by atoms with van der Waals surface area (Å²) < 4.78 is 5.46. The van der Waals surface area contributed by atoms with E-state index in [0.717, 1.165) is 58.9 Å². The molecule has 1 aromatic heterocycles. The molecule has 2 fully saturated rings. The molecule has 2 aliphatic rings. The minimum absolute atomic E-state index is 0.149. The maximum Gasteiger partial charge on any atom is 0.0849 e. The molecular formula is C22H33N3O2. The predicted octanol–water partition coefficient (Wildman–Crippen LogP) is 2.77. The highest BCUT2D eigenvalue weighted by Crippen LogP contribution is 2.40. The molecule has 4 rings (SSSR count). The Balaban J connectivity index is 1.45. The topological polar surface area (TPSA) is 51.7 Å². The van der Waals surface area contributed by atoms with E-state index in [0.29, 0.717) is 0 Å². The zero-order valence-electron chi connectivity index (χ0n) is 16.9. The van der Waals surface area contributed by atoms with Crippen LogP contribution in [0.25, 0.3) is 10.9 Å². The fourth-order valence-corrected chi connectivity index (χ4v) is 4.74. The Morgan fingerprint density at radius 2 is 1.85 bits per heavy atom. The molecule has 0 radical (unpaired) electrons. The number of hydrogen-bond donors (Lipinski definition) is 2. The fourth-order valence-electron chi connectivity index (χ4n) is 4.74. The fraction of sp³-hybridized carbons (Fsp3) is 0.636. The van der Waals surface area contributed by atoms with E-state index in [1.54, 1.807) is 0 Å². The number of aromatic nitrogens is 1. The second-order valence-corrected chi connectivity index (χ2v) is 9.04. The maximum absolute atomic E-state index is 11.5. The first kappa shape index (κ1) is 18.9. The minimum atomic E-state index is -0.643. The van der Waals surface area contributed by atoms with Gasteiger partial charge in [-0.05, 0) is 25.0 Å². The standard InChI is InChI=1S/C22H33N3O2/c1-17-18-6-4-5-7-19(18)23-20(17)14-25-9-8-22(26,21(2,3)15-25)16-24-10-12-27-13-11-24/h4-7,23,26H,8-16H2,1-3H3/t22-/m0/s1. The number of β-amino-alcohol motifs (C(OH)–C–C–N with tert-alkyl or cyclic N) is 1. The number of piperidine rings is 1. The van der Waals surface area contributed by atoms with Crippen LogP contribution < -0.4 is 0 Å². The van der Waals surface area contributed by atoms with Gasteiger partial charge in [0.2, 0.25) is 0 Å². The van der Waals surface area contributed by atoms with Gasteiger partial charge in [0, 0.05) is 61.3 Å². The quantitative estimate of drug-likeness (QED) is 0.868. The average molecular weight is 372 g/mol. The Hall–Kier alpha value is -1.40. The van der Waals surface area contributed by atoms with E-state index in [1.165, 1.54) is 22.2 Å². The number of morpholine rings is 1. The Morgan fingerprint density at radius 1 is 1.11 bits per heavy atom. The van der Waals surface area contributed by atoms with Gasteiger partial charge in [0.05, 0.1) is 18.8 Å². The van der Waals surface area contributed by atoms with Crippen molar-refractivity contribution in [1.82, 2.24) is 14.8 Å². The summed E-state index contributed by atoms with van der Waals surface area (Å²) in [6, 6.07) is 8.51. The highest BCUT2D eigenvalue weighted by molar-refractivity contribution is 5.84. The van der Waals surface area contributed by atoms with Crippen molar-refractivity contribution in [2.75, 3.05) is 45.9 Å². The first-order valence-corrected chi connectivity index (χ1v) is 10.2. The summed E-state index contributed by atoms with van der Waals surface area (Å²) in [6.07, 6.45) is 0.816. The normalized spacial score (nSPS) is 27.3. The molecule has 0 saturated carbocycles. The summed E-state index contributed by atoms with van der Waals surface area (Å²) in [4.78, 5) is 8.45. The van der Waals surface area contributed by atoms with E-state index < -0.39 is 5.60 Å². The molecule has 0 spiro atoms. The van der Waals surface area contributed by atoms with Crippen molar-refractivity contribution in [2.45, 2.75) is 39.3 Å². The van der Waals surface area contributed by atoms with Crippen LogP contribution in [-0.4, -0.2) is 71.4 Å². The molecule has 2 aromatic rings. The lowest BCUT2D eigenvalue weighted by molar-refractivity contribution is -0.141. The average Bonchev–Trinajstić information content (AvgIpc) is 2.95. The van der Waals surface area contributed by atoms with Gasteiger partial charge in [-0.3, -0.25) is 9.80 Å². The number of likely N-dealkylation sites (tertiary alicyclic amines) is 1. The zero-order valence-corrected chi connectivity index (χ0v) is 16.9. The van der Waals surface area contributed by atoms with E-state index in [-0.39, 0.29) is 5.41 Å². The van der Waals surface area contributed by atoms with Gasteiger partial charge in [0.1, 0.15) is 0 Å². The maximum atomic E-state index is 11.5. The third-order valence-electron chi connectivity index (χ3n) is 6.76. The van der Waals surface area contributed by atoms with Crippen molar-refractivity contribution in [1.29, 1.82) is 0 Å². The number of para-hydroxylation sites is 1. The number of nitrogens with one attached hydrogen (secondary N) is 1. The summed E-state index contributed by atoms with van der Waals surface area (Å²) in [5.74, 6) is 0. The molecule has 5 nitrogen and oxygen atoms in total. The van der Waals surface area contributed by atoms with E-state index in [9.17, 15) is 5.11 Å². The van der Waals surface area contributed by atoms with Crippen LogP contribution in [0.5, 0.6) is 0 Å². The van der Waals surface area contributed by atoms with Gasteiger partial charge in [-0.1, -0.05) is 32.0 Å². The Morgan fingerprint density at radius 3 is 2.56 bits per heavy atom. The number of aryl methyl sites for hydroxylation is 1. The molecule has 2 aliphatic heterocycles. The Labute approximate surface area is 162 Å². The molecule has 0 aliphatic carbocycles. The third-order valence-corrected chi connectivity index (χ3v) is 6.76. The molecule has 27 heavy (non-hydrogen) atoms. The number of hydrogen-bond acceptors (Lipinski definition) is 4. The van der Waals surface area contributed by atoms with Crippen LogP contribution in [-0.2, 0) is 11.3 Å². The van der Waals surface area contributed by atoms with Gasteiger partial charge in [0.15, 0.2) is 0 Å². The summed E-state index contributed by atoms with van der Waals surface area (Å²) in [7, 11) is 0. The van der Waals surface area contributed by atoms with E-state index in [1.807, 2.05) is 0 Å². The first-order chi connectivity index (χ1) is 12.9. The van der Waals surface area contributed by atoms with Gasteiger partial charge in [-0.15, -0.1) is 0 Å². The van der Waals surface area contributed by atoms with Crippen LogP contribution in [0.2, 0.25) is 0 Å². The van der Waals surface area contributed by atoms with Crippen LogP contribution in [0, 0.1) is 12.3 Å². The first-order valence-electron chi connectivity index (χ1n) is 10.2. The molecular weight excluding hydrogens is 338 g/mol. The number of fused-ring (bicyclic) bond motifs is 1. The smallest absolute Gasteiger partial charge is 0.0849 e. The zero-order chi connectivity index (χ0) is 19.1. The number of ether oxygens (including phenoxy) is 1. The van der Waals surface area contributed by atoms with Gasteiger partial charge in [0.25, 0.3) is 0 Å². The SMILES string of the molecule is Cc1c(CN2CC[C@](O)(CN3CCOCC3)C(C)(C)C2)[nH]c2ccccc12. The number of benzene rings is 1. The van der Waals surface area contributed by atoms with E-state index in [2.05, 4.69) is 59.8 Å². The molecule has 2 saturated heterocycles. The molecule has 1 aromatic carbocycles. The molecule has 2 N–H and O–H groups in total. The molecule has 3 heterocycles. The lowest BCUT2D eigenvalue weighted by Gasteiger charge is -2.52. The number of rotatable bonds is 4. The number of aliphatic hydroxyl groups is 1. The highest BCUT2D eigenvalue weighted by Gasteiger charge is 2.48. The summed E-state index contributed by atoms with van der Waals surface area (Å²) in [5, 5.41) is 12.8. The van der Waals surface area contributed by atoms with Crippen LogP contribution in [0.4, 0.5) is 0 Å². The van der Waals surface area contributed by atoms with Crippen molar-refractivity contribution in [3.63, 3.8) is 0 Å². The van der Waals surface area contributed by atoms with Crippen molar-refractivity contribution in [3.8, 4) is 0 Å². The van der Waals surface area contributed by atoms with E-state index in [4.69, 9.17) is 4.74 Å². The lowest BCUT2D eigenvalue weighted by atomic mass is 9.69. The predicted molar refractivity (Wildman–Crippen MR) is 109 cm³/mol. The summed E-state index contributed by atoms with van der Waals surface area (Å²) in [6.45, 7) is 13.6. The highest BCUT2D eigenvalue weighted by atomic mass is 16.5. The molecule has 148 valence electrons. The van der Waals surface area contributed by atoms with Crippen molar-refractivity contribution < 1.29 is 9.84 Å². The number of nitrogens with zero attached hydrogens (tertiary/aromatic N) is 2. The van der Waals surface area contributed by atoms with Gasteiger partial charge in [-0.2, -0.15) is 0 Å². The van der Waals surface area contributed by atoms with Gasteiger partial charge < -0.3 is 14.8 Å². The monoisotopic (exact) mass is 371 g/mol. The van der Waals surface area contributed by atoms with Crippen molar-refractivity contribution >= 4 is 10.9 Å². The summed E-state index contributed by atoms with van der Waals surface area (Å²) in [5.41, 5.74) is 3.06. The molecule has 0 unspecified atom stereocenters. The number of aromatic amines is 1. The summed E-state index contributed by atoms with van der Waals surface area (Å²) >= 11 is 0. The second-order valence-electron chi connectivity index (χ2n) is 9.04. The van der Waals surface area contributed by atoms with Crippen LogP contribution >= 0.6 is 0 Å². The van der Waals surface area contributed by atoms with Crippen LogP contribution in [0.15, 0.2) is 24.3 Å². The van der Waals surface area contributed by atoms with Gasteiger partial charge in [-0.25, -0.2) is 0 Å². The van der Waals surface area contributed by atoms with Crippen LogP contribution in [0.3, 0.4) is 0 Å². The number of H-pyrrole nitrogens is 1. The van der Waals surface area contributed by atoms with E-state index >= 15 is 0 Å². The Bertz CT molecular complexity index is 794. The van der Waals surface area contributed by atoms with Gasteiger partial charge >= 0.3 is 0 Å². The largest absolute Gasteiger partial charge is 0.388 e. The molecule has 0 bridgehead atoms. The minimum Gasteiger partial charge on any atom is -0.388 e. The Kier molecular flexibility index (Phi) is 5.06.